The Morgan fingerprint density at radius 2 is 0.968 bits per heavy atom. The van der Waals surface area contributed by atoms with Crippen molar-refractivity contribution in [3.63, 3.8) is 0 Å². The molecule has 0 rings (SSSR count). The topological polar surface area (TPSA) is 172 Å². The Morgan fingerprint density at radius 3 is 1.19 bits per heavy atom. The van der Waals surface area contributed by atoms with E-state index >= 15 is 0 Å². The van der Waals surface area contributed by atoms with Crippen LogP contribution in [-0.2, 0) is 23.7 Å². The first-order chi connectivity index (χ1) is 15.0. The summed E-state index contributed by atoms with van der Waals surface area (Å²) < 4.78 is 8.25. The van der Waals surface area contributed by atoms with Gasteiger partial charge < -0.3 is 57.2 Å². The molecule has 0 atom stereocenters. The first-order valence-corrected chi connectivity index (χ1v) is 11.9. The van der Waals surface area contributed by atoms with E-state index < -0.39 is 0 Å². The van der Waals surface area contributed by atoms with E-state index in [1.807, 2.05) is 0 Å². The Morgan fingerprint density at radius 1 is 0.710 bits per heavy atom. The zero-order chi connectivity index (χ0) is 25.0. The molecule has 11 N–H and O–H groups in total. The van der Waals surface area contributed by atoms with E-state index in [-0.39, 0.29) is 12.7 Å². The molecule has 31 heavy (non-hydrogen) atoms. The van der Waals surface area contributed by atoms with Gasteiger partial charge in [0.1, 0.15) is 0 Å². The van der Waals surface area contributed by atoms with E-state index in [0.717, 1.165) is 118 Å². The monoisotopic (exact) mass is 486 g/mol. The third-order valence-electron chi connectivity index (χ3n) is 2.89. The van der Waals surface area contributed by atoms with E-state index in [4.69, 9.17) is 30.7 Å². The summed E-state index contributed by atoms with van der Waals surface area (Å²) in [4.78, 5) is 0. The van der Waals surface area contributed by atoms with Crippen molar-refractivity contribution in [3.8, 4) is 0 Å². The summed E-state index contributed by atoms with van der Waals surface area (Å²) in [7, 11) is 0. The molecule has 9 nitrogen and oxygen atoms in total. The van der Waals surface area contributed by atoms with Crippen LogP contribution in [0.1, 0.15) is 52.4 Å². The van der Waals surface area contributed by atoms with Crippen LogP contribution in [0, 0.1) is 13.8 Å². The molecule has 0 heterocycles. The second kappa shape index (κ2) is 52.2. The number of aliphatic hydroxyl groups is 2. The maximum absolute atomic E-state index is 8.36. The zero-order valence-electron chi connectivity index (χ0n) is 20.3. The van der Waals surface area contributed by atoms with Crippen LogP contribution in [0.2, 0.25) is 0 Å². The van der Waals surface area contributed by atoms with Gasteiger partial charge in [0.15, 0.2) is 0 Å². The Hall–Kier alpha value is 0.194. The third kappa shape index (κ3) is 91.5. The van der Waals surface area contributed by atoms with Gasteiger partial charge in [0.25, 0.3) is 0 Å². The summed E-state index contributed by atoms with van der Waals surface area (Å²) in [5.41, 5.74) is 15.8. The summed E-state index contributed by atoms with van der Waals surface area (Å²) in [5, 5.41) is 25.9. The molecule has 0 amide bonds. The summed E-state index contributed by atoms with van der Waals surface area (Å²) in [5.74, 6) is 0. The van der Waals surface area contributed by atoms with Gasteiger partial charge in [0, 0.05) is 12.7 Å². The first kappa shape index (κ1) is 41.4. The number of hydrogen-bond donors (Lipinski definition) is 8. The number of rotatable bonds is 16. The minimum atomic E-state index is -0.167. The van der Waals surface area contributed by atoms with Gasteiger partial charge in [-0.15, -0.1) is 0 Å². The van der Waals surface area contributed by atoms with Crippen molar-refractivity contribution >= 4 is 0 Å². The van der Waals surface area contributed by atoms with E-state index in [0.29, 0.717) is 0 Å². The molecular weight excluding hydrogens is 432 g/mol. The van der Waals surface area contributed by atoms with Crippen LogP contribution in [0.25, 0.3) is 0 Å². The van der Waals surface area contributed by atoms with Gasteiger partial charge >= 0.3 is 23.7 Å². The Labute approximate surface area is 204 Å². The fourth-order valence-electron chi connectivity index (χ4n) is 1.51. The summed E-state index contributed by atoms with van der Waals surface area (Å²) in [6.07, 6.45) is 5.76. The van der Waals surface area contributed by atoms with Crippen LogP contribution in [0.15, 0.2) is 0 Å². The average Bonchev–Trinajstić information content (AvgIpc) is 2.76. The van der Waals surface area contributed by atoms with Gasteiger partial charge in [-0.25, -0.2) is 0 Å². The average molecular weight is 487 g/mol. The van der Waals surface area contributed by atoms with Gasteiger partial charge in [-0.1, -0.05) is 0 Å². The van der Waals surface area contributed by atoms with E-state index in [9.17, 15) is 0 Å². The molecule has 0 aromatic heterocycles. The molecule has 0 unspecified atom stereocenters. The predicted octanol–water partition coefficient (Wildman–Crippen LogP) is -0.129. The fourth-order valence-corrected chi connectivity index (χ4v) is 1.51. The first-order valence-electron chi connectivity index (χ1n) is 11.3. The van der Waals surface area contributed by atoms with Crippen LogP contribution in [0.4, 0.5) is 0 Å². The third-order valence-corrected chi connectivity index (χ3v) is 2.89. The molecule has 0 saturated carbocycles. The van der Waals surface area contributed by atoms with Crippen LogP contribution in [-0.4, -0.2) is 81.8 Å². The number of nitrogens with two attached hydrogens (primary N) is 3. The van der Waals surface area contributed by atoms with Crippen molar-refractivity contribution in [2.75, 3.05) is 65.5 Å². The standard InChI is InChI=1S/C6H16N2O.2C6H15N2.C3H8O.O.Ti/c7-3-1-4-8-5-2-6-9;2*1-2-5-8-6-3-4-7;1-3(2)4;;/h8-9H,1-7H2;2*8H,1-7H2;3-4H,1-2H3;;/q;2*-1;;;+2. The molecule has 0 fully saturated rings. The molecule has 0 aromatic rings. The summed E-state index contributed by atoms with van der Waals surface area (Å²) in [6.45, 7) is 19.4. The Bertz CT molecular complexity index is 214. The van der Waals surface area contributed by atoms with Crippen LogP contribution < -0.4 is 33.2 Å². The molecule has 0 aliphatic heterocycles. The van der Waals surface area contributed by atoms with Crippen molar-refractivity contribution in [1.29, 1.82) is 0 Å². The second-order valence-corrected chi connectivity index (χ2v) is 6.55. The van der Waals surface area contributed by atoms with Crippen molar-refractivity contribution in [1.82, 2.24) is 16.0 Å². The minimum absolute atomic E-state index is 0.167. The summed E-state index contributed by atoms with van der Waals surface area (Å²) >= 11 is 0.750. The SMILES string of the molecule is CC(C)O.NCCCNCCCO.[CH2-]CCNCCCN.[CH2-]CCNCCCN.[O]=[Ti+2]. The molecule has 190 valence electrons. The van der Waals surface area contributed by atoms with Crippen molar-refractivity contribution in [2.24, 2.45) is 17.2 Å². The van der Waals surface area contributed by atoms with Crippen LogP contribution in [0.5, 0.6) is 0 Å². The Balaban J connectivity index is -0.0000000969. The van der Waals surface area contributed by atoms with Gasteiger partial charge in [0.05, 0.1) is 0 Å². The Kier molecular flexibility index (Phi) is 69.9. The maximum atomic E-state index is 8.36. The fraction of sp³-hybridized carbons (Fsp3) is 0.905. The normalized spacial score (nSPS) is 9.29. The van der Waals surface area contributed by atoms with Crippen molar-refractivity contribution < 1.29 is 33.9 Å². The van der Waals surface area contributed by atoms with Gasteiger partial charge in [-0.05, 0) is 98.4 Å². The molecule has 0 radical (unpaired) electrons. The molecule has 0 aromatic carbocycles. The van der Waals surface area contributed by atoms with Gasteiger partial charge in [-0.2, -0.15) is 12.8 Å². The molecular formula is C21H54N6O3Ti. The van der Waals surface area contributed by atoms with Crippen LogP contribution in [0.3, 0.4) is 0 Å². The van der Waals surface area contributed by atoms with E-state index in [2.05, 4.69) is 29.8 Å². The zero-order valence-corrected chi connectivity index (χ0v) is 21.9. The number of hydrogen-bond acceptors (Lipinski definition) is 9. The molecule has 0 spiro atoms. The molecule has 0 saturated heterocycles. The molecule has 0 aliphatic carbocycles. The number of nitrogens with one attached hydrogen (secondary N) is 3. The summed E-state index contributed by atoms with van der Waals surface area (Å²) in [6, 6.07) is 0. The molecule has 0 bridgehead atoms. The van der Waals surface area contributed by atoms with E-state index in [1.165, 1.54) is 0 Å². The predicted molar refractivity (Wildman–Crippen MR) is 129 cm³/mol. The van der Waals surface area contributed by atoms with Gasteiger partial charge in [0.2, 0.25) is 0 Å². The second-order valence-electron chi connectivity index (χ2n) is 6.55. The van der Waals surface area contributed by atoms with Crippen molar-refractivity contribution in [2.45, 2.75) is 58.5 Å². The quantitative estimate of drug-likeness (QED) is 0.0840. The van der Waals surface area contributed by atoms with Crippen LogP contribution >= 0.6 is 0 Å². The number of aliphatic hydroxyl groups excluding tert-OH is 2. The van der Waals surface area contributed by atoms with Crippen molar-refractivity contribution in [3.05, 3.63) is 13.8 Å². The molecule has 0 aliphatic rings. The molecule has 10 heteroatoms. The van der Waals surface area contributed by atoms with E-state index in [1.54, 1.807) is 13.8 Å². The van der Waals surface area contributed by atoms with Gasteiger partial charge in [-0.3, -0.25) is 0 Å².